The van der Waals surface area contributed by atoms with E-state index in [0.29, 0.717) is 6.04 Å². The molecule has 0 amide bonds. The Morgan fingerprint density at radius 2 is 2.14 bits per heavy atom. The van der Waals surface area contributed by atoms with E-state index in [0.717, 1.165) is 31.7 Å². The van der Waals surface area contributed by atoms with Crippen LogP contribution in [0.4, 0.5) is 0 Å². The third-order valence-electron chi connectivity index (χ3n) is 4.57. The minimum atomic E-state index is 0. The summed E-state index contributed by atoms with van der Waals surface area (Å²) in [4.78, 5) is 7.01. The second-order valence-corrected chi connectivity index (χ2v) is 6.70. The standard InChI is InChI=1S/C16H24N4.ClH/c1-12-5-4-6-15-18-9-13(20(12)15)10-19-8-7-14(17)16(2,3)11-19;/h4-6,9,14H,7-8,10-11,17H2,1-3H3;1H. The lowest BCUT2D eigenvalue weighted by Crippen LogP contribution is -2.52. The summed E-state index contributed by atoms with van der Waals surface area (Å²) in [5.41, 5.74) is 9.95. The normalized spacial score (nSPS) is 22.2. The maximum absolute atomic E-state index is 6.22. The molecule has 2 aromatic rings. The van der Waals surface area contributed by atoms with E-state index in [1.165, 1.54) is 11.4 Å². The van der Waals surface area contributed by atoms with Crippen molar-refractivity contribution < 1.29 is 0 Å². The minimum absolute atomic E-state index is 0. The predicted molar refractivity (Wildman–Crippen MR) is 88.8 cm³/mol. The van der Waals surface area contributed by atoms with E-state index in [-0.39, 0.29) is 17.8 Å². The molecule has 1 unspecified atom stereocenters. The number of aromatic nitrogens is 2. The lowest BCUT2D eigenvalue weighted by atomic mass is 9.80. The summed E-state index contributed by atoms with van der Waals surface area (Å²) >= 11 is 0. The van der Waals surface area contributed by atoms with E-state index in [2.05, 4.69) is 53.3 Å². The summed E-state index contributed by atoms with van der Waals surface area (Å²) in [6.45, 7) is 9.74. The topological polar surface area (TPSA) is 46.6 Å². The smallest absolute Gasteiger partial charge is 0.137 e. The highest BCUT2D eigenvalue weighted by molar-refractivity contribution is 5.85. The minimum Gasteiger partial charge on any atom is -0.327 e. The van der Waals surface area contributed by atoms with Crippen LogP contribution < -0.4 is 5.73 Å². The first kappa shape index (κ1) is 16.3. The number of hydrogen-bond donors (Lipinski definition) is 1. The second kappa shape index (κ2) is 5.95. The van der Waals surface area contributed by atoms with Crippen molar-refractivity contribution in [3.63, 3.8) is 0 Å². The van der Waals surface area contributed by atoms with Gasteiger partial charge in [0.15, 0.2) is 0 Å². The molecular weight excluding hydrogens is 284 g/mol. The maximum atomic E-state index is 6.22. The number of pyridine rings is 1. The molecule has 5 heteroatoms. The number of fused-ring (bicyclic) bond motifs is 1. The summed E-state index contributed by atoms with van der Waals surface area (Å²) in [5, 5.41) is 0. The van der Waals surface area contributed by atoms with Gasteiger partial charge in [0.1, 0.15) is 5.65 Å². The summed E-state index contributed by atoms with van der Waals surface area (Å²) in [7, 11) is 0. The Morgan fingerprint density at radius 3 is 2.86 bits per heavy atom. The van der Waals surface area contributed by atoms with E-state index in [9.17, 15) is 0 Å². The summed E-state index contributed by atoms with van der Waals surface area (Å²) in [5.74, 6) is 0. The second-order valence-electron chi connectivity index (χ2n) is 6.70. The van der Waals surface area contributed by atoms with Crippen molar-refractivity contribution in [3.8, 4) is 0 Å². The van der Waals surface area contributed by atoms with E-state index >= 15 is 0 Å². The third kappa shape index (κ3) is 3.07. The average Bonchev–Trinajstić information content (AvgIpc) is 2.78. The molecule has 0 aliphatic carbocycles. The van der Waals surface area contributed by atoms with E-state index < -0.39 is 0 Å². The lowest BCUT2D eigenvalue weighted by molar-refractivity contribution is 0.0887. The quantitative estimate of drug-likeness (QED) is 0.927. The fourth-order valence-corrected chi connectivity index (χ4v) is 3.24. The van der Waals surface area contributed by atoms with Crippen LogP contribution in [-0.4, -0.2) is 33.4 Å². The molecule has 116 valence electrons. The van der Waals surface area contributed by atoms with Crippen LogP contribution in [-0.2, 0) is 6.54 Å². The zero-order chi connectivity index (χ0) is 14.3. The van der Waals surface area contributed by atoms with Gasteiger partial charge in [0.25, 0.3) is 0 Å². The average molecular weight is 309 g/mol. The Kier molecular flexibility index (Phi) is 4.61. The number of likely N-dealkylation sites (tertiary alicyclic amines) is 1. The van der Waals surface area contributed by atoms with Gasteiger partial charge in [-0.05, 0) is 30.9 Å². The SMILES string of the molecule is Cc1cccc2ncc(CN3CCC(N)C(C)(C)C3)n12.Cl. The van der Waals surface area contributed by atoms with Gasteiger partial charge in [0.05, 0.1) is 11.9 Å². The molecule has 2 N–H and O–H groups in total. The Bertz CT molecular complexity index is 620. The largest absolute Gasteiger partial charge is 0.327 e. The van der Waals surface area contributed by atoms with Gasteiger partial charge in [0.2, 0.25) is 0 Å². The predicted octanol–water partition coefficient (Wildman–Crippen LogP) is 2.62. The molecule has 21 heavy (non-hydrogen) atoms. The summed E-state index contributed by atoms with van der Waals surface area (Å²) in [6.07, 6.45) is 3.08. The molecule has 0 bridgehead atoms. The fraction of sp³-hybridized carbons (Fsp3) is 0.562. The van der Waals surface area contributed by atoms with Crippen molar-refractivity contribution in [2.75, 3.05) is 13.1 Å². The van der Waals surface area contributed by atoms with Gasteiger partial charge < -0.3 is 10.1 Å². The number of imidazole rings is 1. The Morgan fingerprint density at radius 1 is 1.38 bits per heavy atom. The van der Waals surface area contributed by atoms with Crippen LogP contribution >= 0.6 is 12.4 Å². The van der Waals surface area contributed by atoms with Crippen LogP contribution in [0.15, 0.2) is 24.4 Å². The number of halogens is 1. The number of hydrogen-bond acceptors (Lipinski definition) is 3. The van der Waals surface area contributed by atoms with Gasteiger partial charge in [-0.25, -0.2) is 4.98 Å². The molecule has 1 atom stereocenters. The molecule has 0 radical (unpaired) electrons. The highest BCUT2D eigenvalue weighted by Gasteiger charge is 2.33. The van der Waals surface area contributed by atoms with Crippen molar-refractivity contribution in [2.24, 2.45) is 11.1 Å². The third-order valence-corrected chi connectivity index (χ3v) is 4.57. The van der Waals surface area contributed by atoms with Crippen LogP contribution in [0.3, 0.4) is 0 Å². The van der Waals surface area contributed by atoms with Crippen LogP contribution in [0.5, 0.6) is 0 Å². The van der Waals surface area contributed by atoms with Gasteiger partial charge in [-0.1, -0.05) is 19.9 Å². The Hall–Kier alpha value is -1.10. The highest BCUT2D eigenvalue weighted by atomic mass is 35.5. The van der Waals surface area contributed by atoms with Crippen molar-refractivity contribution >= 4 is 18.1 Å². The number of aryl methyl sites for hydroxylation is 1. The van der Waals surface area contributed by atoms with E-state index in [4.69, 9.17) is 5.73 Å². The van der Waals surface area contributed by atoms with Crippen molar-refractivity contribution in [1.29, 1.82) is 0 Å². The van der Waals surface area contributed by atoms with Gasteiger partial charge in [-0.2, -0.15) is 0 Å². The van der Waals surface area contributed by atoms with Crippen LogP contribution in [0.1, 0.15) is 31.7 Å². The van der Waals surface area contributed by atoms with Crippen molar-refractivity contribution in [3.05, 3.63) is 35.8 Å². The van der Waals surface area contributed by atoms with Crippen LogP contribution in [0.2, 0.25) is 0 Å². The molecule has 0 aromatic carbocycles. The monoisotopic (exact) mass is 308 g/mol. The first-order valence-corrected chi connectivity index (χ1v) is 7.37. The molecular formula is C16H25ClN4. The number of nitrogens with two attached hydrogens (primary N) is 1. The molecule has 1 aliphatic rings. The van der Waals surface area contributed by atoms with Gasteiger partial charge >= 0.3 is 0 Å². The molecule has 3 heterocycles. The lowest BCUT2D eigenvalue weighted by Gasteiger charge is -2.42. The fourth-order valence-electron chi connectivity index (χ4n) is 3.24. The van der Waals surface area contributed by atoms with Gasteiger partial charge in [-0.3, -0.25) is 4.90 Å². The molecule has 1 saturated heterocycles. The zero-order valence-electron chi connectivity index (χ0n) is 13.0. The van der Waals surface area contributed by atoms with Gasteiger partial charge in [-0.15, -0.1) is 12.4 Å². The number of piperidine rings is 1. The molecule has 0 saturated carbocycles. The molecule has 1 aliphatic heterocycles. The van der Waals surface area contributed by atoms with Crippen LogP contribution in [0, 0.1) is 12.3 Å². The number of nitrogens with zero attached hydrogens (tertiary/aromatic N) is 3. The van der Waals surface area contributed by atoms with E-state index in [1.54, 1.807) is 0 Å². The highest BCUT2D eigenvalue weighted by Crippen LogP contribution is 2.28. The Labute approximate surface area is 132 Å². The molecule has 4 nitrogen and oxygen atoms in total. The zero-order valence-corrected chi connectivity index (χ0v) is 13.9. The molecule has 0 spiro atoms. The summed E-state index contributed by atoms with van der Waals surface area (Å²) in [6, 6.07) is 6.56. The number of rotatable bonds is 2. The Balaban J connectivity index is 0.00000161. The van der Waals surface area contributed by atoms with Crippen molar-refractivity contribution in [2.45, 2.75) is 39.8 Å². The molecule has 3 rings (SSSR count). The first-order valence-electron chi connectivity index (χ1n) is 7.37. The van der Waals surface area contributed by atoms with Gasteiger partial charge in [0, 0.05) is 31.4 Å². The summed E-state index contributed by atoms with van der Waals surface area (Å²) < 4.78 is 2.25. The van der Waals surface area contributed by atoms with E-state index in [1.807, 2.05) is 6.20 Å². The maximum Gasteiger partial charge on any atom is 0.137 e. The molecule has 2 aromatic heterocycles. The molecule has 1 fully saturated rings. The van der Waals surface area contributed by atoms with Crippen LogP contribution in [0.25, 0.3) is 5.65 Å². The first-order chi connectivity index (χ1) is 9.47. The van der Waals surface area contributed by atoms with Crippen molar-refractivity contribution in [1.82, 2.24) is 14.3 Å².